The third kappa shape index (κ3) is 4.87. The SMILES string of the molecule is Cc1cc(Cl)ccc1Nc1ncc(C(=O)N(Cc2ccccc2)C(C)C)cn1. The second-order valence-corrected chi connectivity index (χ2v) is 7.33. The Labute approximate surface area is 170 Å². The number of aryl methyl sites for hydroxylation is 1. The molecule has 1 N–H and O–H groups in total. The van der Waals surface area contributed by atoms with E-state index in [4.69, 9.17) is 11.6 Å². The maximum Gasteiger partial charge on any atom is 0.257 e. The zero-order chi connectivity index (χ0) is 20.1. The summed E-state index contributed by atoms with van der Waals surface area (Å²) in [6.45, 7) is 6.50. The maximum absolute atomic E-state index is 13.0. The van der Waals surface area contributed by atoms with Crippen molar-refractivity contribution in [1.82, 2.24) is 14.9 Å². The molecule has 0 saturated heterocycles. The van der Waals surface area contributed by atoms with Crippen molar-refractivity contribution in [1.29, 1.82) is 0 Å². The van der Waals surface area contributed by atoms with Gasteiger partial charge < -0.3 is 10.2 Å². The van der Waals surface area contributed by atoms with Crippen LogP contribution in [-0.2, 0) is 6.54 Å². The molecule has 0 aliphatic heterocycles. The number of carbonyl (C=O) groups is 1. The largest absolute Gasteiger partial charge is 0.332 e. The molecule has 0 spiro atoms. The lowest BCUT2D eigenvalue weighted by Crippen LogP contribution is -2.36. The minimum atomic E-state index is -0.0897. The van der Waals surface area contributed by atoms with Gasteiger partial charge in [0.15, 0.2) is 0 Å². The number of hydrogen-bond acceptors (Lipinski definition) is 4. The van der Waals surface area contributed by atoms with E-state index in [1.165, 1.54) is 0 Å². The molecule has 1 heterocycles. The van der Waals surface area contributed by atoms with Gasteiger partial charge in [0.05, 0.1) is 5.56 Å². The molecule has 1 amide bonds. The Morgan fingerprint density at radius 1 is 1.11 bits per heavy atom. The molecule has 0 bridgehead atoms. The van der Waals surface area contributed by atoms with E-state index >= 15 is 0 Å². The lowest BCUT2D eigenvalue weighted by molar-refractivity contribution is 0.0689. The summed E-state index contributed by atoms with van der Waals surface area (Å²) >= 11 is 5.99. The van der Waals surface area contributed by atoms with Gasteiger partial charge in [-0.1, -0.05) is 41.9 Å². The number of carbonyl (C=O) groups excluding carboxylic acids is 1. The van der Waals surface area contributed by atoms with Crippen LogP contribution in [0.25, 0.3) is 0 Å². The van der Waals surface area contributed by atoms with Crippen LogP contribution in [0.5, 0.6) is 0 Å². The van der Waals surface area contributed by atoms with Gasteiger partial charge in [0.1, 0.15) is 0 Å². The fourth-order valence-corrected chi connectivity index (χ4v) is 3.05. The van der Waals surface area contributed by atoms with Gasteiger partial charge in [0.25, 0.3) is 5.91 Å². The lowest BCUT2D eigenvalue weighted by atomic mass is 10.1. The van der Waals surface area contributed by atoms with Crippen LogP contribution in [0.2, 0.25) is 5.02 Å². The second kappa shape index (κ2) is 8.85. The number of amides is 1. The van der Waals surface area contributed by atoms with Crippen molar-refractivity contribution in [2.24, 2.45) is 0 Å². The van der Waals surface area contributed by atoms with E-state index in [0.717, 1.165) is 16.8 Å². The Hall–Kier alpha value is -2.92. The molecule has 0 radical (unpaired) electrons. The summed E-state index contributed by atoms with van der Waals surface area (Å²) in [5, 5.41) is 3.83. The van der Waals surface area contributed by atoms with Gasteiger partial charge in [-0.2, -0.15) is 0 Å². The topological polar surface area (TPSA) is 58.1 Å². The van der Waals surface area contributed by atoms with Crippen molar-refractivity contribution < 1.29 is 4.79 Å². The minimum Gasteiger partial charge on any atom is -0.332 e. The first-order valence-electron chi connectivity index (χ1n) is 9.14. The first-order valence-corrected chi connectivity index (χ1v) is 9.52. The molecule has 0 unspecified atom stereocenters. The first kappa shape index (κ1) is 19.8. The highest BCUT2D eigenvalue weighted by Gasteiger charge is 2.20. The predicted octanol–water partition coefficient (Wildman–Crippen LogP) is 5.23. The summed E-state index contributed by atoms with van der Waals surface area (Å²) in [7, 11) is 0. The van der Waals surface area contributed by atoms with Crippen molar-refractivity contribution >= 4 is 29.1 Å². The van der Waals surface area contributed by atoms with E-state index in [0.29, 0.717) is 23.1 Å². The molecule has 3 aromatic rings. The highest BCUT2D eigenvalue weighted by Crippen LogP contribution is 2.22. The van der Waals surface area contributed by atoms with Crippen LogP contribution in [0.1, 0.15) is 35.3 Å². The molecular formula is C22H23ClN4O. The second-order valence-electron chi connectivity index (χ2n) is 6.89. The van der Waals surface area contributed by atoms with Gasteiger partial charge in [-0.3, -0.25) is 4.79 Å². The lowest BCUT2D eigenvalue weighted by Gasteiger charge is -2.26. The Morgan fingerprint density at radius 3 is 2.39 bits per heavy atom. The molecule has 144 valence electrons. The molecule has 2 aromatic carbocycles. The third-order valence-electron chi connectivity index (χ3n) is 4.41. The Balaban J connectivity index is 1.74. The fourth-order valence-electron chi connectivity index (χ4n) is 2.83. The average Bonchev–Trinajstić information content (AvgIpc) is 2.69. The van der Waals surface area contributed by atoms with Gasteiger partial charge >= 0.3 is 0 Å². The molecule has 6 heteroatoms. The predicted molar refractivity (Wildman–Crippen MR) is 113 cm³/mol. The van der Waals surface area contributed by atoms with E-state index in [2.05, 4.69) is 15.3 Å². The van der Waals surface area contributed by atoms with Gasteiger partial charge in [-0.05, 0) is 50.1 Å². The van der Waals surface area contributed by atoms with Gasteiger partial charge in [-0.25, -0.2) is 9.97 Å². The highest BCUT2D eigenvalue weighted by atomic mass is 35.5. The standard InChI is InChI=1S/C22H23ClN4O/c1-15(2)27(14-17-7-5-4-6-8-17)21(28)18-12-24-22(25-13-18)26-20-10-9-19(23)11-16(20)3/h4-13,15H,14H2,1-3H3,(H,24,25,26). The Bertz CT molecular complexity index is 943. The summed E-state index contributed by atoms with van der Waals surface area (Å²) in [6.07, 6.45) is 3.12. The summed E-state index contributed by atoms with van der Waals surface area (Å²) in [5.74, 6) is 0.342. The van der Waals surface area contributed by atoms with Crippen LogP contribution in [0.15, 0.2) is 60.9 Å². The number of aromatic nitrogens is 2. The van der Waals surface area contributed by atoms with E-state index in [9.17, 15) is 4.79 Å². The fraction of sp³-hybridized carbons (Fsp3) is 0.227. The minimum absolute atomic E-state index is 0.0576. The van der Waals surface area contributed by atoms with E-state index in [-0.39, 0.29) is 11.9 Å². The summed E-state index contributed by atoms with van der Waals surface area (Å²) in [5.41, 5.74) is 3.41. The van der Waals surface area contributed by atoms with Crippen molar-refractivity contribution in [3.8, 4) is 0 Å². The van der Waals surface area contributed by atoms with Gasteiger partial charge in [-0.15, -0.1) is 0 Å². The van der Waals surface area contributed by atoms with Crippen LogP contribution in [0.3, 0.4) is 0 Å². The van der Waals surface area contributed by atoms with Crippen LogP contribution < -0.4 is 5.32 Å². The van der Waals surface area contributed by atoms with Gasteiger partial charge in [0, 0.05) is 35.7 Å². The molecule has 1 aromatic heterocycles. The Kier molecular flexibility index (Phi) is 6.26. The van der Waals surface area contributed by atoms with E-state index in [1.807, 2.05) is 68.1 Å². The Morgan fingerprint density at radius 2 is 1.79 bits per heavy atom. The number of hydrogen-bond donors (Lipinski definition) is 1. The maximum atomic E-state index is 13.0. The zero-order valence-corrected chi connectivity index (χ0v) is 16.9. The van der Waals surface area contributed by atoms with Crippen molar-refractivity contribution in [3.05, 3.63) is 82.6 Å². The normalized spacial score (nSPS) is 10.8. The van der Waals surface area contributed by atoms with Crippen LogP contribution in [-0.4, -0.2) is 26.8 Å². The molecule has 5 nitrogen and oxygen atoms in total. The number of rotatable bonds is 6. The van der Waals surface area contributed by atoms with Crippen LogP contribution in [0, 0.1) is 6.92 Å². The summed E-state index contributed by atoms with van der Waals surface area (Å²) in [4.78, 5) is 23.4. The van der Waals surface area contributed by atoms with Gasteiger partial charge in [0.2, 0.25) is 5.95 Å². The quantitative estimate of drug-likeness (QED) is 0.621. The van der Waals surface area contributed by atoms with E-state index < -0.39 is 0 Å². The molecule has 0 saturated carbocycles. The van der Waals surface area contributed by atoms with E-state index in [1.54, 1.807) is 18.5 Å². The highest BCUT2D eigenvalue weighted by molar-refractivity contribution is 6.30. The molecule has 28 heavy (non-hydrogen) atoms. The number of halogens is 1. The number of nitrogens with one attached hydrogen (secondary N) is 1. The van der Waals surface area contributed by atoms with Crippen LogP contribution >= 0.6 is 11.6 Å². The molecule has 0 aliphatic rings. The van der Waals surface area contributed by atoms with Crippen molar-refractivity contribution in [2.75, 3.05) is 5.32 Å². The van der Waals surface area contributed by atoms with Crippen LogP contribution in [0.4, 0.5) is 11.6 Å². The molecule has 0 atom stereocenters. The summed E-state index contributed by atoms with van der Waals surface area (Å²) < 4.78 is 0. The van der Waals surface area contributed by atoms with Crippen molar-refractivity contribution in [3.63, 3.8) is 0 Å². The third-order valence-corrected chi connectivity index (χ3v) is 4.65. The number of nitrogens with zero attached hydrogens (tertiary/aromatic N) is 3. The molecule has 0 aliphatic carbocycles. The molecule has 0 fully saturated rings. The average molecular weight is 395 g/mol. The number of anilines is 2. The van der Waals surface area contributed by atoms with Crippen molar-refractivity contribution in [2.45, 2.75) is 33.4 Å². The number of benzene rings is 2. The summed E-state index contributed by atoms with van der Waals surface area (Å²) in [6, 6.07) is 15.5. The molecule has 3 rings (SSSR count). The first-order chi connectivity index (χ1) is 13.4. The monoisotopic (exact) mass is 394 g/mol. The molecular weight excluding hydrogens is 372 g/mol. The zero-order valence-electron chi connectivity index (χ0n) is 16.2. The smallest absolute Gasteiger partial charge is 0.257 e.